The van der Waals surface area contributed by atoms with Gasteiger partial charge >= 0.3 is 6.18 Å². The topological polar surface area (TPSA) is 78.9 Å². The maximum atomic E-state index is 13.2. The molecule has 0 unspecified atom stereocenters. The third-order valence-corrected chi connectivity index (χ3v) is 4.60. The number of benzene rings is 1. The summed E-state index contributed by atoms with van der Waals surface area (Å²) in [4.78, 5) is 19.2. The third-order valence-electron chi connectivity index (χ3n) is 3.90. The molecule has 1 aliphatic rings. The Morgan fingerprint density at radius 2 is 2.15 bits per heavy atom. The van der Waals surface area contributed by atoms with Gasteiger partial charge < -0.3 is 16.0 Å². The largest absolute Gasteiger partial charge is 0.421 e. The number of rotatable bonds is 7. The Labute approximate surface area is 158 Å². The zero-order valence-corrected chi connectivity index (χ0v) is 15.3. The highest BCUT2D eigenvalue weighted by Crippen LogP contribution is 2.34. The summed E-state index contributed by atoms with van der Waals surface area (Å²) in [7, 11) is 0. The number of carbonyl (C=O) groups is 1. The van der Waals surface area contributed by atoms with Crippen LogP contribution in [0, 0.1) is 0 Å². The number of carbonyl (C=O) groups excluding carboxylic acids is 1. The van der Waals surface area contributed by atoms with E-state index in [1.807, 2.05) is 6.26 Å². The lowest BCUT2D eigenvalue weighted by Crippen LogP contribution is -2.15. The maximum absolute atomic E-state index is 13.2. The number of hydrogen-bond acceptors (Lipinski definition) is 6. The van der Waals surface area contributed by atoms with Crippen molar-refractivity contribution in [2.24, 2.45) is 0 Å². The molecular formula is C17H18F3N5OS. The Balaban J connectivity index is 1.79. The summed E-state index contributed by atoms with van der Waals surface area (Å²) in [5.74, 6) is 0.545. The summed E-state index contributed by atoms with van der Waals surface area (Å²) in [6.45, 7) is 0.382. The van der Waals surface area contributed by atoms with Crippen molar-refractivity contribution in [2.75, 3.05) is 34.5 Å². The van der Waals surface area contributed by atoms with Crippen LogP contribution in [0.15, 0.2) is 24.4 Å². The van der Waals surface area contributed by atoms with Crippen LogP contribution in [0.3, 0.4) is 0 Å². The summed E-state index contributed by atoms with van der Waals surface area (Å²) < 4.78 is 39.6. The van der Waals surface area contributed by atoms with Gasteiger partial charge in [-0.05, 0) is 42.2 Å². The molecule has 144 valence electrons. The van der Waals surface area contributed by atoms with E-state index in [4.69, 9.17) is 0 Å². The van der Waals surface area contributed by atoms with Crippen LogP contribution in [0.5, 0.6) is 0 Å². The molecule has 10 heteroatoms. The molecule has 2 heterocycles. The second kappa shape index (κ2) is 8.03. The fraction of sp³-hybridized carbons (Fsp3) is 0.353. The quantitative estimate of drug-likeness (QED) is 0.615. The number of alkyl halides is 3. The summed E-state index contributed by atoms with van der Waals surface area (Å²) in [6, 6.07) is 5.19. The summed E-state index contributed by atoms with van der Waals surface area (Å²) >= 11 is 1.62. The predicted octanol–water partition coefficient (Wildman–Crippen LogP) is 3.90. The average Bonchev–Trinajstić information content (AvgIpc) is 2.97. The van der Waals surface area contributed by atoms with Crippen LogP contribution in [-0.2, 0) is 17.4 Å². The van der Waals surface area contributed by atoms with E-state index >= 15 is 0 Å². The molecule has 27 heavy (non-hydrogen) atoms. The van der Waals surface area contributed by atoms with Crippen LogP contribution in [0.2, 0.25) is 0 Å². The molecule has 1 aliphatic heterocycles. The van der Waals surface area contributed by atoms with Crippen molar-refractivity contribution in [1.29, 1.82) is 0 Å². The zero-order valence-electron chi connectivity index (χ0n) is 14.5. The fourth-order valence-electron chi connectivity index (χ4n) is 2.64. The molecule has 0 aliphatic carbocycles. The van der Waals surface area contributed by atoms with Crippen LogP contribution in [0.4, 0.5) is 36.3 Å². The standard InChI is InChI=1S/C17H18F3N5OS/c1-27-6-2-5-21-15-12(17(18,19)20)9-22-16(25-15)23-11-3-4-13-10(7-11)8-14(26)24-13/h3-4,7,9H,2,5-6,8H2,1H3,(H,24,26)(H2,21,22,23,25). The van der Waals surface area contributed by atoms with E-state index in [2.05, 4.69) is 25.9 Å². The lowest BCUT2D eigenvalue weighted by molar-refractivity contribution is -0.137. The minimum Gasteiger partial charge on any atom is -0.369 e. The Bertz CT molecular complexity index is 844. The first kappa shape index (κ1) is 19.3. The van der Waals surface area contributed by atoms with Gasteiger partial charge in [-0.25, -0.2) is 4.98 Å². The molecule has 0 saturated carbocycles. The van der Waals surface area contributed by atoms with Gasteiger partial charge in [0.2, 0.25) is 11.9 Å². The summed E-state index contributed by atoms with van der Waals surface area (Å²) in [6.07, 6.45) is -0.851. The van der Waals surface area contributed by atoms with Crippen molar-refractivity contribution in [3.63, 3.8) is 0 Å². The molecule has 0 atom stereocenters. The van der Waals surface area contributed by atoms with Gasteiger partial charge in [0.25, 0.3) is 0 Å². The van der Waals surface area contributed by atoms with Gasteiger partial charge in [0.15, 0.2) is 0 Å². The minimum atomic E-state index is -4.54. The lowest BCUT2D eigenvalue weighted by atomic mass is 10.1. The Hall–Kier alpha value is -2.49. The van der Waals surface area contributed by atoms with Gasteiger partial charge in [0, 0.05) is 24.1 Å². The monoisotopic (exact) mass is 397 g/mol. The normalized spacial score (nSPS) is 13.3. The van der Waals surface area contributed by atoms with Crippen LogP contribution in [-0.4, -0.2) is 34.4 Å². The SMILES string of the molecule is CSCCCNc1nc(Nc2ccc3c(c2)CC(=O)N3)ncc1C(F)(F)F. The highest BCUT2D eigenvalue weighted by Gasteiger charge is 2.35. The van der Waals surface area contributed by atoms with E-state index in [-0.39, 0.29) is 24.1 Å². The van der Waals surface area contributed by atoms with Crippen molar-refractivity contribution < 1.29 is 18.0 Å². The zero-order chi connectivity index (χ0) is 19.4. The smallest absolute Gasteiger partial charge is 0.369 e. The molecule has 0 radical (unpaired) electrons. The van der Waals surface area contributed by atoms with Crippen LogP contribution in [0.25, 0.3) is 0 Å². The summed E-state index contributed by atoms with van der Waals surface area (Å²) in [5, 5.41) is 8.37. The highest BCUT2D eigenvalue weighted by molar-refractivity contribution is 7.98. The van der Waals surface area contributed by atoms with Gasteiger partial charge in [-0.15, -0.1) is 0 Å². The number of anilines is 4. The van der Waals surface area contributed by atoms with Gasteiger partial charge in [0.05, 0.1) is 6.42 Å². The average molecular weight is 397 g/mol. The predicted molar refractivity (Wildman–Crippen MR) is 101 cm³/mol. The maximum Gasteiger partial charge on any atom is 0.421 e. The molecule has 6 nitrogen and oxygen atoms in total. The molecule has 2 aromatic rings. The molecule has 0 saturated heterocycles. The second-order valence-corrected chi connectivity index (χ2v) is 6.93. The fourth-order valence-corrected chi connectivity index (χ4v) is 3.08. The molecule has 3 N–H and O–H groups in total. The van der Waals surface area contributed by atoms with Crippen molar-refractivity contribution in [2.45, 2.75) is 19.0 Å². The number of thioether (sulfide) groups is 1. The highest BCUT2D eigenvalue weighted by atomic mass is 32.2. The second-order valence-electron chi connectivity index (χ2n) is 5.95. The molecule has 1 aromatic heterocycles. The lowest BCUT2D eigenvalue weighted by Gasteiger charge is -2.15. The van der Waals surface area contributed by atoms with Gasteiger partial charge in [0.1, 0.15) is 11.4 Å². The van der Waals surface area contributed by atoms with Crippen LogP contribution < -0.4 is 16.0 Å². The van der Waals surface area contributed by atoms with E-state index in [0.717, 1.165) is 29.6 Å². The van der Waals surface area contributed by atoms with Gasteiger partial charge in [-0.1, -0.05) is 0 Å². The first-order chi connectivity index (χ1) is 12.9. The number of aromatic nitrogens is 2. The minimum absolute atomic E-state index is 0.0487. The number of nitrogens with one attached hydrogen (secondary N) is 3. The first-order valence-corrected chi connectivity index (χ1v) is 9.63. The number of amides is 1. The van der Waals surface area contributed by atoms with Crippen molar-refractivity contribution in [3.8, 4) is 0 Å². The van der Waals surface area contributed by atoms with Crippen molar-refractivity contribution in [3.05, 3.63) is 35.5 Å². The Morgan fingerprint density at radius 1 is 1.33 bits per heavy atom. The van der Waals surface area contributed by atoms with E-state index in [1.54, 1.807) is 30.0 Å². The third kappa shape index (κ3) is 4.82. The van der Waals surface area contributed by atoms with Crippen molar-refractivity contribution in [1.82, 2.24) is 9.97 Å². The number of nitrogens with zero attached hydrogens (tertiary/aromatic N) is 2. The van der Waals surface area contributed by atoms with Gasteiger partial charge in [-0.3, -0.25) is 4.79 Å². The number of fused-ring (bicyclic) bond motifs is 1. The van der Waals surface area contributed by atoms with Crippen LogP contribution in [0.1, 0.15) is 17.5 Å². The Morgan fingerprint density at radius 3 is 2.89 bits per heavy atom. The molecule has 0 bridgehead atoms. The van der Waals surface area contributed by atoms with E-state index in [9.17, 15) is 18.0 Å². The van der Waals surface area contributed by atoms with E-state index < -0.39 is 11.7 Å². The molecule has 0 spiro atoms. The van der Waals surface area contributed by atoms with Crippen molar-refractivity contribution >= 4 is 40.8 Å². The van der Waals surface area contributed by atoms with Crippen LogP contribution >= 0.6 is 11.8 Å². The Kier molecular flexibility index (Phi) is 5.73. The van der Waals surface area contributed by atoms with E-state index in [0.29, 0.717) is 12.2 Å². The number of halogens is 3. The number of hydrogen-bond donors (Lipinski definition) is 3. The first-order valence-electron chi connectivity index (χ1n) is 8.23. The molecule has 1 amide bonds. The molecule has 0 fully saturated rings. The van der Waals surface area contributed by atoms with E-state index in [1.165, 1.54) is 0 Å². The van der Waals surface area contributed by atoms with Gasteiger partial charge in [-0.2, -0.15) is 29.9 Å². The molecule has 1 aromatic carbocycles. The molecule has 3 rings (SSSR count). The molecular weight excluding hydrogens is 379 g/mol. The summed E-state index contributed by atoms with van der Waals surface area (Å²) in [5.41, 5.74) is 1.24.